The van der Waals surface area contributed by atoms with Crippen LogP contribution in [0.5, 0.6) is 17.2 Å². The van der Waals surface area contributed by atoms with Crippen LogP contribution in [0.1, 0.15) is 33.6 Å². The number of rotatable bonds is 7. The molecular weight excluding hydrogens is 430 g/mol. The fourth-order valence-electron chi connectivity index (χ4n) is 3.55. The van der Waals surface area contributed by atoms with E-state index in [9.17, 15) is 14.4 Å². The normalized spacial score (nSPS) is 15.3. The van der Waals surface area contributed by atoms with Crippen molar-refractivity contribution in [2.45, 2.75) is 18.9 Å². The molecule has 1 atom stereocenters. The summed E-state index contributed by atoms with van der Waals surface area (Å²) in [4.78, 5) is 37.3. The molecule has 2 aromatic carbocycles. The molecule has 3 aromatic rings. The summed E-state index contributed by atoms with van der Waals surface area (Å²) in [6.45, 7) is 1.01. The predicted octanol–water partition coefficient (Wildman–Crippen LogP) is 2.94. The van der Waals surface area contributed by atoms with Gasteiger partial charge in [0.15, 0.2) is 11.5 Å². The van der Waals surface area contributed by atoms with E-state index in [1.54, 1.807) is 24.3 Å². The van der Waals surface area contributed by atoms with Gasteiger partial charge in [-0.3, -0.25) is 4.79 Å². The Kier molecular flexibility index (Phi) is 6.60. The smallest absolute Gasteiger partial charge is 0.349 e. The SMILES string of the molecule is COc1ccc(C(=O)Oc2ccc3cc(C(=O)NCC4CCCO4)c(=O)oc3c2)cc1OC. The van der Waals surface area contributed by atoms with Gasteiger partial charge in [0.25, 0.3) is 5.91 Å². The third kappa shape index (κ3) is 4.98. The fraction of sp³-hybridized carbons (Fsp3) is 0.292. The molecule has 33 heavy (non-hydrogen) atoms. The highest BCUT2D eigenvalue weighted by atomic mass is 16.5. The van der Waals surface area contributed by atoms with E-state index in [2.05, 4.69) is 5.32 Å². The van der Waals surface area contributed by atoms with Gasteiger partial charge in [0, 0.05) is 24.6 Å². The van der Waals surface area contributed by atoms with Crippen LogP contribution in [0.25, 0.3) is 11.0 Å². The van der Waals surface area contributed by atoms with Gasteiger partial charge in [-0.2, -0.15) is 0 Å². The summed E-state index contributed by atoms with van der Waals surface area (Å²) in [5, 5.41) is 3.22. The summed E-state index contributed by atoms with van der Waals surface area (Å²) in [6.07, 6.45) is 1.79. The summed E-state index contributed by atoms with van der Waals surface area (Å²) in [5.74, 6) is -0.0900. The molecule has 9 nitrogen and oxygen atoms in total. The molecule has 1 saturated heterocycles. The molecule has 0 aliphatic carbocycles. The minimum Gasteiger partial charge on any atom is -0.493 e. The van der Waals surface area contributed by atoms with E-state index >= 15 is 0 Å². The van der Waals surface area contributed by atoms with Crippen LogP contribution < -0.4 is 25.2 Å². The lowest BCUT2D eigenvalue weighted by molar-refractivity contribution is 0.0734. The number of fused-ring (bicyclic) bond motifs is 1. The van der Waals surface area contributed by atoms with E-state index in [1.807, 2.05) is 0 Å². The van der Waals surface area contributed by atoms with Crippen molar-refractivity contribution in [1.82, 2.24) is 5.32 Å². The monoisotopic (exact) mass is 453 g/mol. The molecule has 1 fully saturated rings. The number of ether oxygens (including phenoxy) is 4. The fourth-order valence-corrected chi connectivity index (χ4v) is 3.55. The molecule has 1 amide bonds. The zero-order chi connectivity index (χ0) is 23.4. The molecule has 0 bridgehead atoms. The van der Waals surface area contributed by atoms with Gasteiger partial charge in [-0.15, -0.1) is 0 Å². The molecule has 1 aromatic heterocycles. The quantitative estimate of drug-likeness (QED) is 0.330. The van der Waals surface area contributed by atoms with Crippen LogP contribution in [0, 0.1) is 0 Å². The highest BCUT2D eigenvalue weighted by molar-refractivity contribution is 5.97. The van der Waals surface area contributed by atoms with Crippen molar-refractivity contribution in [3.63, 3.8) is 0 Å². The van der Waals surface area contributed by atoms with Crippen LogP contribution in [-0.2, 0) is 4.74 Å². The molecule has 4 rings (SSSR count). The van der Waals surface area contributed by atoms with Crippen molar-refractivity contribution in [2.75, 3.05) is 27.4 Å². The summed E-state index contributed by atoms with van der Waals surface area (Å²) in [7, 11) is 2.97. The van der Waals surface area contributed by atoms with Crippen molar-refractivity contribution >= 4 is 22.8 Å². The Morgan fingerprint density at radius 1 is 1.06 bits per heavy atom. The van der Waals surface area contributed by atoms with Crippen molar-refractivity contribution < 1.29 is 33.0 Å². The van der Waals surface area contributed by atoms with Crippen LogP contribution in [0.2, 0.25) is 0 Å². The summed E-state index contributed by atoms with van der Waals surface area (Å²) >= 11 is 0. The van der Waals surface area contributed by atoms with Gasteiger partial charge in [0.05, 0.1) is 25.9 Å². The second-order valence-electron chi connectivity index (χ2n) is 7.45. The molecule has 172 valence electrons. The second-order valence-corrected chi connectivity index (χ2v) is 7.45. The van der Waals surface area contributed by atoms with Crippen LogP contribution in [0.15, 0.2) is 51.7 Å². The van der Waals surface area contributed by atoms with Gasteiger partial charge >= 0.3 is 11.6 Å². The number of benzene rings is 2. The minimum absolute atomic E-state index is 0.0376. The van der Waals surface area contributed by atoms with Crippen molar-refractivity contribution in [1.29, 1.82) is 0 Å². The van der Waals surface area contributed by atoms with Gasteiger partial charge in [-0.25, -0.2) is 9.59 Å². The molecule has 0 saturated carbocycles. The average molecular weight is 453 g/mol. The molecule has 1 unspecified atom stereocenters. The lowest BCUT2D eigenvalue weighted by Crippen LogP contribution is -2.34. The molecule has 1 aliphatic heterocycles. The van der Waals surface area contributed by atoms with Crippen LogP contribution >= 0.6 is 0 Å². The van der Waals surface area contributed by atoms with E-state index in [0.717, 1.165) is 12.8 Å². The van der Waals surface area contributed by atoms with Crippen LogP contribution in [-0.4, -0.2) is 45.4 Å². The van der Waals surface area contributed by atoms with Gasteiger partial charge in [-0.1, -0.05) is 0 Å². The number of amides is 1. The lowest BCUT2D eigenvalue weighted by Gasteiger charge is -2.11. The number of nitrogens with one attached hydrogen (secondary N) is 1. The Bertz CT molecular complexity index is 1240. The number of hydrogen-bond acceptors (Lipinski definition) is 8. The Morgan fingerprint density at radius 2 is 1.88 bits per heavy atom. The van der Waals surface area contributed by atoms with Crippen molar-refractivity contribution in [2.24, 2.45) is 0 Å². The predicted molar refractivity (Wildman–Crippen MR) is 118 cm³/mol. The Labute approximate surface area is 189 Å². The van der Waals surface area contributed by atoms with Crippen LogP contribution in [0.4, 0.5) is 0 Å². The summed E-state index contributed by atoms with van der Waals surface area (Å²) < 4.78 is 26.5. The first-order chi connectivity index (χ1) is 16.0. The maximum Gasteiger partial charge on any atom is 0.349 e. The summed E-state index contributed by atoms with van der Waals surface area (Å²) in [6, 6.07) is 10.7. The number of esters is 1. The number of carbonyl (C=O) groups excluding carboxylic acids is 2. The maximum absolute atomic E-state index is 12.5. The number of hydrogen-bond donors (Lipinski definition) is 1. The molecule has 1 aliphatic rings. The third-order valence-electron chi connectivity index (χ3n) is 5.30. The first kappa shape index (κ1) is 22.3. The average Bonchev–Trinajstić information content (AvgIpc) is 3.35. The molecule has 9 heteroatoms. The summed E-state index contributed by atoms with van der Waals surface area (Å²) in [5.41, 5.74) is -0.438. The van der Waals surface area contributed by atoms with E-state index in [-0.39, 0.29) is 28.6 Å². The van der Waals surface area contributed by atoms with Gasteiger partial charge < -0.3 is 28.7 Å². The van der Waals surface area contributed by atoms with Gasteiger partial charge in [-0.05, 0) is 49.2 Å². The molecular formula is C24H23NO8. The standard InChI is InChI=1S/C24H23NO8/c1-29-19-8-6-15(11-21(19)30-2)23(27)32-16-7-5-14-10-18(24(28)33-20(14)12-16)22(26)25-13-17-4-3-9-31-17/h5-8,10-12,17H,3-4,9,13H2,1-2H3,(H,25,26). The zero-order valence-electron chi connectivity index (χ0n) is 18.2. The first-order valence-corrected chi connectivity index (χ1v) is 10.4. The number of carbonyl (C=O) groups is 2. The third-order valence-corrected chi connectivity index (χ3v) is 5.30. The highest BCUT2D eigenvalue weighted by Gasteiger charge is 2.19. The number of methoxy groups -OCH3 is 2. The van der Waals surface area contributed by atoms with E-state index < -0.39 is 17.5 Å². The van der Waals surface area contributed by atoms with Crippen molar-refractivity contribution in [3.05, 3.63) is 64.0 Å². The highest BCUT2D eigenvalue weighted by Crippen LogP contribution is 2.28. The molecule has 2 heterocycles. The van der Waals surface area contributed by atoms with E-state index in [1.165, 1.54) is 32.4 Å². The lowest BCUT2D eigenvalue weighted by atomic mass is 10.1. The Balaban J connectivity index is 1.50. The van der Waals surface area contributed by atoms with Crippen molar-refractivity contribution in [3.8, 4) is 17.2 Å². The zero-order valence-corrected chi connectivity index (χ0v) is 18.2. The maximum atomic E-state index is 12.5. The largest absolute Gasteiger partial charge is 0.493 e. The van der Waals surface area contributed by atoms with E-state index in [0.29, 0.717) is 30.0 Å². The first-order valence-electron chi connectivity index (χ1n) is 10.4. The topological polar surface area (TPSA) is 113 Å². The minimum atomic E-state index is -0.782. The Morgan fingerprint density at radius 3 is 2.61 bits per heavy atom. The molecule has 0 radical (unpaired) electrons. The van der Waals surface area contributed by atoms with E-state index in [4.69, 9.17) is 23.4 Å². The Hall–Kier alpha value is -3.85. The van der Waals surface area contributed by atoms with Crippen LogP contribution in [0.3, 0.4) is 0 Å². The molecule has 1 N–H and O–H groups in total. The van der Waals surface area contributed by atoms with Gasteiger partial charge in [0.1, 0.15) is 16.9 Å². The van der Waals surface area contributed by atoms with Gasteiger partial charge in [0.2, 0.25) is 0 Å². The molecule has 0 spiro atoms. The second kappa shape index (κ2) is 9.74.